The number of carbonyl (C=O) groups excluding carboxylic acids is 2. The first-order chi connectivity index (χ1) is 14.9. The third-order valence-electron chi connectivity index (χ3n) is 6.28. The Kier molecular flexibility index (Phi) is 5.15. The Bertz CT molecular complexity index is 1210. The molecule has 32 heavy (non-hydrogen) atoms. The molecular formula is C28H32N2O2. The number of amides is 2. The average molecular weight is 429 g/mol. The first-order valence-corrected chi connectivity index (χ1v) is 11.3. The van der Waals surface area contributed by atoms with Crippen LogP contribution in [-0.2, 0) is 10.8 Å². The number of nitrogens with zero attached hydrogens (tertiary/aromatic N) is 1. The summed E-state index contributed by atoms with van der Waals surface area (Å²) in [6.07, 6.45) is 0. The molecule has 2 amide bonds. The van der Waals surface area contributed by atoms with E-state index in [0.29, 0.717) is 17.7 Å². The summed E-state index contributed by atoms with van der Waals surface area (Å²) in [4.78, 5) is 27.9. The fourth-order valence-corrected chi connectivity index (χ4v) is 4.29. The fraction of sp³-hybridized carbons (Fsp3) is 0.357. The molecule has 4 rings (SSSR count). The second-order valence-corrected chi connectivity index (χ2v) is 10.7. The van der Waals surface area contributed by atoms with Gasteiger partial charge in [0.05, 0.1) is 5.69 Å². The van der Waals surface area contributed by atoms with Gasteiger partial charge in [0.2, 0.25) is 0 Å². The van der Waals surface area contributed by atoms with E-state index in [2.05, 4.69) is 52.9 Å². The maximum absolute atomic E-state index is 13.4. The largest absolute Gasteiger partial charge is 0.321 e. The highest BCUT2D eigenvalue weighted by atomic mass is 16.2. The molecule has 0 fully saturated rings. The van der Waals surface area contributed by atoms with E-state index < -0.39 is 0 Å². The topological polar surface area (TPSA) is 49.4 Å². The molecule has 4 heteroatoms. The molecule has 0 aromatic heterocycles. The Balaban J connectivity index is 1.78. The first-order valence-electron chi connectivity index (χ1n) is 11.3. The minimum Gasteiger partial charge on any atom is -0.321 e. The van der Waals surface area contributed by atoms with Gasteiger partial charge in [-0.2, -0.15) is 0 Å². The molecular weight excluding hydrogens is 396 g/mol. The van der Waals surface area contributed by atoms with E-state index in [0.717, 1.165) is 33.3 Å². The van der Waals surface area contributed by atoms with E-state index in [1.54, 1.807) is 4.90 Å². The van der Waals surface area contributed by atoms with E-state index in [9.17, 15) is 9.59 Å². The molecule has 1 N–H and O–H groups in total. The molecule has 0 saturated carbocycles. The van der Waals surface area contributed by atoms with Crippen molar-refractivity contribution >= 4 is 34.0 Å². The predicted octanol–water partition coefficient (Wildman–Crippen LogP) is 6.67. The van der Waals surface area contributed by atoms with Gasteiger partial charge >= 0.3 is 0 Å². The zero-order chi connectivity index (χ0) is 23.4. The summed E-state index contributed by atoms with van der Waals surface area (Å²) in [5.41, 5.74) is 5.12. The standard InChI is InChI=1S/C28H32N2O2/c1-8-30-23-13-12-22(20-10-9-11-21(24(20)23)26(30)32)29-25(31)17-14-18(27(2,3)4)16-19(15-17)28(5,6)7/h9-16H,8H2,1-7H3,(H,29,31). The summed E-state index contributed by atoms with van der Waals surface area (Å²) >= 11 is 0. The molecule has 0 atom stereocenters. The van der Waals surface area contributed by atoms with Gasteiger partial charge in [-0.05, 0) is 59.2 Å². The monoisotopic (exact) mass is 428 g/mol. The lowest BCUT2D eigenvalue weighted by Crippen LogP contribution is -2.25. The van der Waals surface area contributed by atoms with Gasteiger partial charge in [0, 0.05) is 34.1 Å². The molecule has 4 nitrogen and oxygen atoms in total. The molecule has 0 unspecified atom stereocenters. The van der Waals surface area contributed by atoms with E-state index in [4.69, 9.17) is 0 Å². The molecule has 0 bridgehead atoms. The third kappa shape index (κ3) is 3.68. The van der Waals surface area contributed by atoms with Crippen molar-refractivity contribution in [2.75, 3.05) is 16.8 Å². The molecule has 3 aromatic carbocycles. The number of benzene rings is 3. The van der Waals surface area contributed by atoms with Crippen molar-refractivity contribution in [3.05, 3.63) is 70.8 Å². The van der Waals surface area contributed by atoms with Crippen molar-refractivity contribution in [2.45, 2.75) is 59.3 Å². The third-order valence-corrected chi connectivity index (χ3v) is 6.28. The summed E-state index contributed by atoms with van der Waals surface area (Å²) in [7, 11) is 0. The zero-order valence-corrected chi connectivity index (χ0v) is 20.1. The highest BCUT2D eigenvalue weighted by Gasteiger charge is 2.29. The van der Waals surface area contributed by atoms with Gasteiger partial charge in [-0.1, -0.05) is 59.7 Å². The van der Waals surface area contributed by atoms with Crippen molar-refractivity contribution in [2.24, 2.45) is 0 Å². The lowest BCUT2D eigenvalue weighted by Gasteiger charge is -2.26. The van der Waals surface area contributed by atoms with Crippen LogP contribution in [0.3, 0.4) is 0 Å². The Hall–Kier alpha value is -3.14. The van der Waals surface area contributed by atoms with Crippen LogP contribution >= 0.6 is 0 Å². The summed E-state index contributed by atoms with van der Waals surface area (Å²) < 4.78 is 0. The Morgan fingerprint density at radius 2 is 1.53 bits per heavy atom. The van der Waals surface area contributed by atoms with E-state index >= 15 is 0 Å². The second-order valence-electron chi connectivity index (χ2n) is 10.7. The minimum absolute atomic E-state index is 0.0178. The van der Waals surface area contributed by atoms with Crippen LogP contribution in [0.15, 0.2) is 48.5 Å². The quantitative estimate of drug-likeness (QED) is 0.507. The van der Waals surface area contributed by atoms with Crippen LogP contribution in [0.25, 0.3) is 10.8 Å². The lowest BCUT2D eigenvalue weighted by atomic mass is 9.79. The van der Waals surface area contributed by atoms with Crippen LogP contribution in [-0.4, -0.2) is 18.4 Å². The highest BCUT2D eigenvalue weighted by Crippen LogP contribution is 2.40. The minimum atomic E-state index is -0.140. The number of rotatable bonds is 3. The SMILES string of the molecule is CCN1C(=O)c2cccc3c(NC(=O)c4cc(C(C)(C)C)cc(C(C)(C)C)c4)ccc1c23. The van der Waals surface area contributed by atoms with Crippen LogP contribution in [0.2, 0.25) is 0 Å². The summed E-state index contributed by atoms with van der Waals surface area (Å²) in [5.74, 6) is -0.122. The molecule has 3 aromatic rings. The predicted molar refractivity (Wildman–Crippen MR) is 133 cm³/mol. The van der Waals surface area contributed by atoms with Gasteiger partial charge < -0.3 is 10.2 Å². The summed E-state index contributed by atoms with van der Waals surface area (Å²) in [5, 5.41) is 4.92. The van der Waals surface area contributed by atoms with Gasteiger partial charge in [-0.15, -0.1) is 0 Å². The zero-order valence-electron chi connectivity index (χ0n) is 20.1. The van der Waals surface area contributed by atoms with Gasteiger partial charge in [0.1, 0.15) is 0 Å². The molecule has 0 aliphatic carbocycles. The Labute approximate surface area is 190 Å². The normalized spacial score (nSPS) is 13.7. The van der Waals surface area contributed by atoms with Crippen molar-refractivity contribution < 1.29 is 9.59 Å². The molecule has 1 aliphatic rings. The lowest BCUT2D eigenvalue weighted by molar-refractivity contribution is 0.0992. The van der Waals surface area contributed by atoms with Gasteiger partial charge in [0.25, 0.3) is 11.8 Å². The first kappa shape index (κ1) is 22.1. The number of hydrogen-bond acceptors (Lipinski definition) is 2. The van der Waals surface area contributed by atoms with Crippen molar-refractivity contribution in [3.8, 4) is 0 Å². The average Bonchev–Trinajstić information content (AvgIpc) is 3.01. The molecule has 0 saturated heterocycles. The Morgan fingerprint density at radius 1 is 0.906 bits per heavy atom. The van der Waals surface area contributed by atoms with Crippen molar-refractivity contribution in [3.63, 3.8) is 0 Å². The van der Waals surface area contributed by atoms with Gasteiger partial charge in [0.15, 0.2) is 0 Å². The van der Waals surface area contributed by atoms with Crippen LogP contribution in [0.5, 0.6) is 0 Å². The van der Waals surface area contributed by atoms with Crippen LogP contribution in [0.1, 0.15) is 80.3 Å². The number of anilines is 2. The molecule has 166 valence electrons. The van der Waals surface area contributed by atoms with Crippen molar-refractivity contribution in [1.82, 2.24) is 0 Å². The highest BCUT2D eigenvalue weighted by molar-refractivity contribution is 6.27. The van der Waals surface area contributed by atoms with Crippen molar-refractivity contribution in [1.29, 1.82) is 0 Å². The number of hydrogen-bond donors (Lipinski definition) is 1. The maximum atomic E-state index is 13.4. The van der Waals surface area contributed by atoms with Gasteiger partial charge in [-0.3, -0.25) is 9.59 Å². The van der Waals surface area contributed by atoms with Crippen LogP contribution in [0, 0.1) is 0 Å². The maximum Gasteiger partial charge on any atom is 0.258 e. The second kappa shape index (κ2) is 7.47. The molecule has 1 heterocycles. The Morgan fingerprint density at radius 3 is 2.09 bits per heavy atom. The van der Waals surface area contributed by atoms with Gasteiger partial charge in [-0.25, -0.2) is 0 Å². The number of carbonyl (C=O) groups is 2. The summed E-state index contributed by atoms with van der Waals surface area (Å²) in [6.45, 7) is 15.6. The smallest absolute Gasteiger partial charge is 0.258 e. The van der Waals surface area contributed by atoms with E-state index in [1.807, 2.05) is 49.4 Å². The molecule has 1 aliphatic heterocycles. The summed E-state index contributed by atoms with van der Waals surface area (Å²) in [6, 6.07) is 15.7. The molecule has 0 radical (unpaired) electrons. The van der Waals surface area contributed by atoms with Crippen LogP contribution in [0.4, 0.5) is 11.4 Å². The van der Waals surface area contributed by atoms with E-state index in [1.165, 1.54) is 0 Å². The van der Waals surface area contributed by atoms with Crippen LogP contribution < -0.4 is 10.2 Å². The van der Waals surface area contributed by atoms with E-state index in [-0.39, 0.29) is 22.6 Å². The fourth-order valence-electron chi connectivity index (χ4n) is 4.29. The molecule has 0 spiro atoms. The number of nitrogens with one attached hydrogen (secondary N) is 1.